The van der Waals surface area contributed by atoms with Gasteiger partial charge in [0.05, 0.1) is 5.75 Å². The highest BCUT2D eigenvalue weighted by Gasteiger charge is 1.97. The van der Waals surface area contributed by atoms with Crippen LogP contribution in [0.3, 0.4) is 0 Å². The summed E-state index contributed by atoms with van der Waals surface area (Å²) in [6, 6.07) is 3.48. The Morgan fingerprint density at radius 1 is 1.67 bits per heavy atom. The van der Waals surface area contributed by atoms with Gasteiger partial charge in [0.1, 0.15) is 5.82 Å². The van der Waals surface area contributed by atoms with Crippen molar-refractivity contribution in [1.82, 2.24) is 4.98 Å². The van der Waals surface area contributed by atoms with E-state index in [4.69, 9.17) is 11.5 Å². The number of hydrogen-bond donors (Lipinski definition) is 2. The average molecular weight is 183 g/mol. The van der Waals surface area contributed by atoms with Gasteiger partial charge < -0.3 is 11.5 Å². The predicted octanol–water partition coefficient (Wildman–Crippen LogP) is 0.241. The molecule has 1 aromatic rings. The summed E-state index contributed by atoms with van der Waals surface area (Å²) in [5, 5.41) is 0. The predicted molar refractivity (Wildman–Crippen MR) is 48.6 cm³/mol. The van der Waals surface area contributed by atoms with E-state index in [1.807, 2.05) is 0 Å². The normalized spacial score (nSPS) is 9.67. The number of rotatable bonds is 3. The largest absolute Gasteiger partial charge is 0.384 e. The van der Waals surface area contributed by atoms with Gasteiger partial charge in [-0.2, -0.15) is 0 Å². The van der Waals surface area contributed by atoms with Gasteiger partial charge in [-0.05, 0) is 12.1 Å². The third-order valence-corrected chi connectivity index (χ3v) is 2.15. The third kappa shape index (κ3) is 2.79. The van der Waals surface area contributed by atoms with Gasteiger partial charge in [-0.15, -0.1) is 11.8 Å². The lowest BCUT2D eigenvalue weighted by atomic mass is 10.5. The minimum Gasteiger partial charge on any atom is -0.384 e. The molecule has 0 spiro atoms. The topological polar surface area (TPSA) is 82.0 Å². The number of anilines is 1. The molecule has 1 aromatic heterocycles. The lowest BCUT2D eigenvalue weighted by Gasteiger charge is -1.98. The van der Waals surface area contributed by atoms with Crippen molar-refractivity contribution >= 4 is 23.5 Å². The number of nitrogen functional groups attached to an aromatic ring is 1. The highest BCUT2D eigenvalue weighted by Crippen LogP contribution is 2.17. The quantitative estimate of drug-likeness (QED) is 0.658. The average Bonchev–Trinajstić information content (AvgIpc) is 2.01. The lowest BCUT2D eigenvalue weighted by molar-refractivity contribution is -0.115. The van der Waals surface area contributed by atoms with E-state index in [9.17, 15) is 4.79 Å². The van der Waals surface area contributed by atoms with E-state index in [2.05, 4.69) is 4.98 Å². The molecule has 5 heteroatoms. The summed E-state index contributed by atoms with van der Waals surface area (Å²) < 4.78 is 0. The molecule has 0 fully saturated rings. The number of thioether (sulfide) groups is 1. The van der Waals surface area contributed by atoms with Crippen LogP contribution >= 0.6 is 11.8 Å². The van der Waals surface area contributed by atoms with Crippen LogP contribution in [0, 0.1) is 0 Å². The van der Waals surface area contributed by atoms with Crippen LogP contribution in [0.4, 0.5) is 5.82 Å². The lowest BCUT2D eigenvalue weighted by Crippen LogP contribution is -2.12. The first-order chi connectivity index (χ1) is 5.68. The molecule has 0 radical (unpaired) electrons. The second kappa shape index (κ2) is 3.96. The number of hydrogen-bond acceptors (Lipinski definition) is 4. The molecule has 4 nitrogen and oxygen atoms in total. The van der Waals surface area contributed by atoms with E-state index in [0.29, 0.717) is 5.82 Å². The molecule has 1 rings (SSSR count). The van der Waals surface area contributed by atoms with Crippen LogP contribution < -0.4 is 11.5 Å². The van der Waals surface area contributed by atoms with Crippen molar-refractivity contribution < 1.29 is 4.79 Å². The molecule has 0 saturated carbocycles. The molecule has 12 heavy (non-hydrogen) atoms. The smallest absolute Gasteiger partial charge is 0.227 e. The summed E-state index contributed by atoms with van der Waals surface area (Å²) >= 11 is 1.35. The number of primary amides is 1. The van der Waals surface area contributed by atoms with Crippen molar-refractivity contribution in [2.45, 2.75) is 4.90 Å². The van der Waals surface area contributed by atoms with E-state index in [1.54, 1.807) is 18.3 Å². The Hall–Kier alpha value is -1.23. The standard InChI is InChI=1S/C7H9N3OS/c8-6-3-5(1-2-10-6)12-4-7(9)11/h1-3H,4H2,(H2,8,10)(H2,9,11). The molecule has 64 valence electrons. The van der Waals surface area contributed by atoms with Crippen LogP contribution in [0.15, 0.2) is 23.2 Å². The molecular weight excluding hydrogens is 174 g/mol. The summed E-state index contributed by atoms with van der Waals surface area (Å²) in [6.07, 6.45) is 1.60. The SMILES string of the molecule is NC(=O)CSc1ccnc(N)c1. The van der Waals surface area contributed by atoms with Crippen LogP contribution in [-0.2, 0) is 4.79 Å². The third-order valence-electron chi connectivity index (χ3n) is 1.13. The second-order valence-electron chi connectivity index (χ2n) is 2.17. The monoisotopic (exact) mass is 183 g/mol. The van der Waals surface area contributed by atoms with Crippen LogP contribution in [-0.4, -0.2) is 16.6 Å². The Balaban J connectivity index is 2.57. The maximum Gasteiger partial charge on any atom is 0.227 e. The fourth-order valence-corrected chi connectivity index (χ4v) is 1.34. The van der Waals surface area contributed by atoms with Crippen LogP contribution in [0.5, 0.6) is 0 Å². The minimum absolute atomic E-state index is 0.267. The van der Waals surface area contributed by atoms with Crippen molar-refractivity contribution in [2.75, 3.05) is 11.5 Å². The molecule has 0 bridgehead atoms. The van der Waals surface area contributed by atoms with Crippen LogP contribution in [0.2, 0.25) is 0 Å². The summed E-state index contributed by atoms with van der Waals surface area (Å²) in [5.74, 6) is 0.378. The molecular formula is C7H9N3OS. The van der Waals surface area contributed by atoms with Gasteiger partial charge in [-0.3, -0.25) is 4.79 Å². The molecule has 0 saturated heterocycles. The minimum atomic E-state index is -0.338. The van der Waals surface area contributed by atoms with Crippen LogP contribution in [0.25, 0.3) is 0 Å². The fraction of sp³-hybridized carbons (Fsp3) is 0.143. The number of aromatic nitrogens is 1. The Kier molecular flexibility index (Phi) is 2.93. The number of nitrogens with zero attached hydrogens (tertiary/aromatic N) is 1. The van der Waals surface area contributed by atoms with Crippen molar-refractivity contribution in [3.05, 3.63) is 18.3 Å². The van der Waals surface area contributed by atoms with Crippen LogP contribution in [0.1, 0.15) is 0 Å². The highest BCUT2D eigenvalue weighted by atomic mass is 32.2. The molecule has 4 N–H and O–H groups in total. The summed E-state index contributed by atoms with van der Waals surface area (Å²) in [6.45, 7) is 0. The van der Waals surface area contributed by atoms with Crippen molar-refractivity contribution in [1.29, 1.82) is 0 Å². The molecule has 1 heterocycles. The first kappa shape index (κ1) is 8.86. The zero-order chi connectivity index (χ0) is 8.97. The Morgan fingerprint density at radius 2 is 2.42 bits per heavy atom. The van der Waals surface area contributed by atoms with Gasteiger partial charge in [0, 0.05) is 11.1 Å². The maximum absolute atomic E-state index is 10.4. The Bertz CT molecular complexity index is 290. The molecule has 1 amide bonds. The summed E-state index contributed by atoms with van der Waals surface area (Å²) in [5.41, 5.74) is 10.4. The van der Waals surface area contributed by atoms with E-state index in [1.165, 1.54) is 11.8 Å². The van der Waals surface area contributed by atoms with Gasteiger partial charge in [0.2, 0.25) is 5.91 Å². The van der Waals surface area contributed by atoms with Gasteiger partial charge in [-0.1, -0.05) is 0 Å². The number of nitrogens with two attached hydrogens (primary N) is 2. The van der Waals surface area contributed by atoms with E-state index >= 15 is 0 Å². The fourth-order valence-electron chi connectivity index (χ4n) is 0.672. The Morgan fingerprint density at radius 3 is 3.00 bits per heavy atom. The molecule has 0 unspecified atom stereocenters. The van der Waals surface area contributed by atoms with E-state index in [-0.39, 0.29) is 11.7 Å². The van der Waals surface area contributed by atoms with Crippen molar-refractivity contribution in [3.8, 4) is 0 Å². The first-order valence-corrected chi connectivity index (χ1v) is 4.29. The highest BCUT2D eigenvalue weighted by molar-refractivity contribution is 8.00. The molecule has 0 aliphatic heterocycles. The number of carbonyl (C=O) groups excluding carboxylic acids is 1. The number of pyridine rings is 1. The second-order valence-corrected chi connectivity index (χ2v) is 3.22. The summed E-state index contributed by atoms with van der Waals surface area (Å²) in [7, 11) is 0. The summed E-state index contributed by atoms with van der Waals surface area (Å²) in [4.78, 5) is 15.1. The maximum atomic E-state index is 10.4. The zero-order valence-corrected chi connectivity index (χ0v) is 7.17. The van der Waals surface area contributed by atoms with E-state index in [0.717, 1.165) is 4.90 Å². The molecule has 0 aliphatic rings. The molecule has 0 aliphatic carbocycles. The first-order valence-electron chi connectivity index (χ1n) is 3.31. The number of carbonyl (C=O) groups is 1. The molecule has 0 atom stereocenters. The van der Waals surface area contributed by atoms with E-state index < -0.39 is 0 Å². The van der Waals surface area contributed by atoms with Crippen molar-refractivity contribution in [3.63, 3.8) is 0 Å². The van der Waals surface area contributed by atoms with Gasteiger partial charge in [-0.25, -0.2) is 4.98 Å². The van der Waals surface area contributed by atoms with Crippen molar-refractivity contribution in [2.24, 2.45) is 5.73 Å². The van der Waals surface area contributed by atoms with Gasteiger partial charge >= 0.3 is 0 Å². The van der Waals surface area contributed by atoms with Gasteiger partial charge in [0.25, 0.3) is 0 Å². The van der Waals surface area contributed by atoms with Gasteiger partial charge in [0.15, 0.2) is 0 Å². The molecule has 0 aromatic carbocycles. The Labute approximate surface area is 74.3 Å². The zero-order valence-electron chi connectivity index (χ0n) is 6.36. The number of amides is 1.